The Hall–Kier alpha value is -1.24. The molecule has 0 saturated heterocycles. The molecule has 1 rings (SSSR count). The molecule has 168 valence electrons. The van der Waals surface area contributed by atoms with Crippen LogP contribution >= 0.6 is 0 Å². The van der Waals surface area contributed by atoms with E-state index in [9.17, 15) is 25.5 Å². The number of rotatable bonds is 12. The Bertz CT molecular complexity index is 629. The monoisotopic (exact) mass is 432 g/mol. The maximum Gasteiger partial charge on any atom is 0.111 e. The summed E-state index contributed by atoms with van der Waals surface area (Å²) in [5, 5.41) is 68.6. The van der Waals surface area contributed by atoms with E-state index in [0.29, 0.717) is 11.4 Å². The number of aliphatic hydroxyl groups is 7. The van der Waals surface area contributed by atoms with Crippen molar-refractivity contribution in [2.24, 2.45) is 0 Å². The minimum absolute atomic E-state index is 0.108. The lowest BCUT2D eigenvalue weighted by atomic mass is 10.0. The molecule has 0 saturated carbocycles. The molecule has 0 fully saturated rings. The van der Waals surface area contributed by atoms with Gasteiger partial charge >= 0.3 is 0 Å². The standard InChI is InChI=1S/C19H36N2O7Si/c1-29(2,3)17-8-12(4-5-14(17)20)21(7-6-13(24)10-22)9-15(25)18(27)19(28)16(26)11-23/h4-5,8,13,15-16,18-19,22-28H,6-7,9-11,20H2,1-3H3. The lowest BCUT2D eigenvalue weighted by molar-refractivity contribution is -0.112. The summed E-state index contributed by atoms with van der Waals surface area (Å²) < 4.78 is 0. The second kappa shape index (κ2) is 11.2. The maximum atomic E-state index is 10.4. The van der Waals surface area contributed by atoms with Gasteiger partial charge in [0.15, 0.2) is 0 Å². The Kier molecular flexibility index (Phi) is 9.99. The number of nitrogens with two attached hydrogens (primary N) is 1. The molecule has 1 aromatic rings. The number of anilines is 2. The number of hydrogen-bond donors (Lipinski definition) is 8. The molecule has 0 aliphatic rings. The van der Waals surface area contributed by atoms with Crippen LogP contribution in [-0.2, 0) is 0 Å². The Morgan fingerprint density at radius 1 is 0.931 bits per heavy atom. The van der Waals surface area contributed by atoms with E-state index in [1.165, 1.54) is 0 Å². The van der Waals surface area contributed by atoms with Gasteiger partial charge < -0.3 is 46.4 Å². The molecule has 0 heterocycles. The number of nitrogen functional groups attached to an aromatic ring is 1. The number of benzene rings is 1. The molecule has 29 heavy (non-hydrogen) atoms. The SMILES string of the molecule is C[Si](C)(C)c1cc(N(CCC(O)CO)CC(O)C(O)C(O)C(O)CO)ccc1N. The molecule has 9 nitrogen and oxygen atoms in total. The zero-order chi connectivity index (χ0) is 22.4. The van der Waals surface area contributed by atoms with Crippen LogP contribution in [0.1, 0.15) is 6.42 Å². The highest BCUT2D eigenvalue weighted by molar-refractivity contribution is 6.89. The Balaban J connectivity index is 3.11. The van der Waals surface area contributed by atoms with Gasteiger partial charge in [0.2, 0.25) is 0 Å². The van der Waals surface area contributed by atoms with E-state index in [0.717, 1.165) is 5.19 Å². The fourth-order valence-corrected chi connectivity index (χ4v) is 4.54. The molecule has 5 unspecified atom stereocenters. The number of hydrogen-bond acceptors (Lipinski definition) is 9. The molecule has 5 atom stereocenters. The van der Waals surface area contributed by atoms with E-state index in [1.807, 2.05) is 6.07 Å². The molecule has 0 spiro atoms. The van der Waals surface area contributed by atoms with E-state index in [1.54, 1.807) is 17.0 Å². The van der Waals surface area contributed by atoms with Crippen molar-refractivity contribution in [1.29, 1.82) is 0 Å². The zero-order valence-electron chi connectivity index (χ0n) is 17.3. The van der Waals surface area contributed by atoms with E-state index >= 15 is 0 Å². The van der Waals surface area contributed by atoms with Crippen molar-refractivity contribution in [1.82, 2.24) is 0 Å². The second-order valence-corrected chi connectivity index (χ2v) is 13.4. The largest absolute Gasteiger partial charge is 0.399 e. The molecule has 0 bridgehead atoms. The molecule has 0 radical (unpaired) electrons. The van der Waals surface area contributed by atoms with Crippen LogP contribution in [0.5, 0.6) is 0 Å². The van der Waals surface area contributed by atoms with Gasteiger partial charge in [-0.15, -0.1) is 0 Å². The topological polar surface area (TPSA) is 171 Å². The predicted octanol–water partition coefficient (Wildman–Crippen LogP) is -2.20. The van der Waals surface area contributed by atoms with Gasteiger partial charge in [-0.25, -0.2) is 0 Å². The fraction of sp³-hybridized carbons (Fsp3) is 0.684. The van der Waals surface area contributed by atoms with Crippen molar-refractivity contribution >= 4 is 24.6 Å². The number of aliphatic hydroxyl groups excluding tert-OH is 7. The number of nitrogens with zero attached hydrogens (tertiary/aromatic N) is 1. The average Bonchev–Trinajstić information content (AvgIpc) is 2.68. The van der Waals surface area contributed by atoms with Crippen LogP contribution in [-0.4, -0.2) is 101 Å². The summed E-state index contributed by atoms with van der Waals surface area (Å²) in [5.74, 6) is 0. The fourth-order valence-electron chi connectivity index (χ4n) is 3.01. The van der Waals surface area contributed by atoms with Crippen LogP contribution in [0.15, 0.2) is 18.2 Å². The van der Waals surface area contributed by atoms with Gasteiger partial charge in [-0.05, 0) is 29.8 Å². The molecule has 0 amide bonds. The van der Waals surface area contributed by atoms with Crippen LogP contribution in [0, 0.1) is 0 Å². The molecule has 10 heteroatoms. The van der Waals surface area contributed by atoms with Crippen LogP contribution in [0.4, 0.5) is 11.4 Å². The highest BCUT2D eigenvalue weighted by Gasteiger charge is 2.31. The minimum Gasteiger partial charge on any atom is -0.399 e. The van der Waals surface area contributed by atoms with Crippen LogP contribution in [0.3, 0.4) is 0 Å². The van der Waals surface area contributed by atoms with Crippen LogP contribution in [0.25, 0.3) is 0 Å². The lowest BCUT2D eigenvalue weighted by Crippen LogP contribution is -2.50. The summed E-state index contributed by atoms with van der Waals surface area (Å²) in [7, 11) is -1.76. The third-order valence-corrected chi connectivity index (χ3v) is 6.93. The molecular weight excluding hydrogens is 396 g/mol. The molecule has 0 aliphatic heterocycles. The first-order valence-electron chi connectivity index (χ1n) is 9.69. The van der Waals surface area contributed by atoms with E-state index < -0.39 is 51.8 Å². The molecule has 0 aliphatic carbocycles. The van der Waals surface area contributed by atoms with E-state index in [-0.39, 0.29) is 19.5 Å². The first-order chi connectivity index (χ1) is 13.4. The highest BCUT2D eigenvalue weighted by atomic mass is 28.3. The Labute approximate surface area is 172 Å². The second-order valence-electron chi connectivity index (χ2n) is 8.39. The van der Waals surface area contributed by atoms with Gasteiger partial charge in [0, 0.05) is 24.5 Å². The quantitative estimate of drug-likeness (QED) is 0.135. The average molecular weight is 433 g/mol. The summed E-state index contributed by atoms with van der Waals surface area (Å²) >= 11 is 0. The normalized spacial score (nSPS) is 17.4. The Morgan fingerprint density at radius 2 is 1.52 bits per heavy atom. The van der Waals surface area contributed by atoms with Crippen molar-refractivity contribution in [3.8, 4) is 0 Å². The third kappa shape index (κ3) is 7.50. The van der Waals surface area contributed by atoms with Crippen LogP contribution < -0.4 is 15.8 Å². The molecular formula is C19H36N2O7Si. The zero-order valence-corrected chi connectivity index (χ0v) is 18.3. The maximum absolute atomic E-state index is 10.4. The first-order valence-corrected chi connectivity index (χ1v) is 13.2. The third-order valence-electron chi connectivity index (χ3n) is 4.89. The van der Waals surface area contributed by atoms with E-state index in [2.05, 4.69) is 19.6 Å². The van der Waals surface area contributed by atoms with Gasteiger partial charge in [-0.3, -0.25) is 0 Å². The molecule has 9 N–H and O–H groups in total. The van der Waals surface area contributed by atoms with Gasteiger partial charge in [0.25, 0.3) is 0 Å². The van der Waals surface area contributed by atoms with Crippen molar-refractivity contribution in [2.45, 2.75) is 56.6 Å². The van der Waals surface area contributed by atoms with Crippen molar-refractivity contribution in [2.75, 3.05) is 36.9 Å². The first kappa shape index (κ1) is 25.8. The van der Waals surface area contributed by atoms with Crippen molar-refractivity contribution in [3.63, 3.8) is 0 Å². The lowest BCUT2D eigenvalue weighted by Gasteiger charge is -2.33. The Morgan fingerprint density at radius 3 is 2.03 bits per heavy atom. The summed E-state index contributed by atoms with van der Waals surface area (Å²) in [6.07, 6.45) is -7.15. The minimum atomic E-state index is -1.76. The van der Waals surface area contributed by atoms with Gasteiger partial charge in [-0.2, -0.15) is 0 Å². The molecule has 1 aromatic carbocycles. The highest BCUT2D eigenvalue weighted by Crippen LogP contribution is 2.20. The van der Waals surface area contributed by atoms with E-state index in [4.69, 9.17) is 15.9 Å². The predicted molar refractivity (Wildman–Crippen MR) is 115 cm³/mol. The summed E-state index contributed by atoms with van der Waals surface area (Å²) in [6, 6.07) is 5.46. The van der Waals surface area contributed by atoms with Gasteiger partial charge in [-0.1, -0.05) is 19.6 Å². The van der Waals surface area contributed by atoms with Crippen molar-refractivity contribution < 1.29 is 35.7 Å². The van der Waals surface area contributed by atoms with Crippen molar-refractivity contribution in [3.05, 3.63) is 18.2 Å². The summed E-state index contributed by atoms with van der Waals surface area (Å²) in [5.41, 5.74) is 7.51. The smallest absolute Gasteiger partial charge is 0.111 e. The van der Waals surface area contributed by atoms with Crippen LogP contribution in [0.2, 0.25) is 19.6 Å². The molecule has 0 aromatic heterocycles. The van der Waals surface area contributed by atoms with Gasteiger partial charge in [0.1, 0.15) is 18.3 Å². The summed E-state index contributed by atoms with van der Waals surface area (Å²) in [6.45, 7) is 5.44. The summed E-state index contributed by atoms with van der Waals surface area (Å²) in [4.78, 5) is 1.72. The van der Waals surface area contributed by atoms with Gasteiger partial charge in [0.05, 0.1) is 33.5 Å².